The standard InChI is InChI=1S/C7H9N5OS/c1-5(13)7-4-12(10-9-7)3-6-2-8-11-14-6/h2,4-5,13H,3H2,1H3. The van der Waals surface area contributed by atoms with Crippen LogP contribution in [0, 0.1) is 0 Å². The predicted molar refractivity (Wildman–Crippen MR) is 49.7 cm³/mol. The largest absolute Gasteiger partial charge is 0.387 e. The van der Waals surface area contributed by atoms with Crippen LogP contribution in [0.1, 0.15) is 23.6 Å². The van der Waals surface area contributed by atoms with Gasteiger partial charge in [-0.1, -0.05) is 9.70 Å². The number of nitrogens with zero attached hydrogens (tertiary/aromatic N) is 5. The lowest BCUT2D eigenvalue weighted by Gasteiger charge is -1.95. The third-order valence-electron chi connectivity index (χ3n) is 1.71. The first-order valence-electron chi connectivity index (χ1n) is 4.10. The van der Waals surface area contributed by atoms with Crippen LogP contribution in [-0.2, 0) is 6.54 Å². The fraction of sp³-hybridized carbons (Fsp3) is 0.429. The van der Waals surface area contributed by atoms with Crippen LogP contribution < -0.4 is 0 Å². The number of rotatable bonds is 3. The molecule has 6 nitrogen and oxygen atoms in total. The summed E-state index contributed by atoms with van der Waals surface area (Å²) >= 11 is 1.32. The molecular weight excluding hydrogens is 202 g/mol. The molecule has 0 aliphatic rings. The molecule has 0 aliphatic heterocycles. The molecule has 1 unspecified atom stereocenters. The Morgan fingerprint density at radius 3 is 3.07 bits per heavy atom. The number of aliphatic hydroxyl groups excluding tert-OH is 1. The van der Waals surface area contributed by atoms with Crippen LogP contribution in [-0.4, -0.2) is 29.7 Å². The van der Waals surface area contributed by atoms with Gasteiger partial charge in [-0.2, -0.15) is 0 Å². The first-order chi connectivity index (χ1) is 6.75. The lowest BCUT2D eigenvalue weighted by molar-refractivity contribution is 0.194. The van der Waals surface area contributed by atoms with Gasteiger partial charge in [-0.15, -0.1) is 10.2 Å². The highest BCUT2D eigenvalue weighted by Gasteiger charge is 2.06. The maximum absolute atomic E-state index is 9.23. The molecule has 0 amide bonds. The average Bonchev–Trinajstić information content (AvgIpc) is 2.75. The fourth-order valence-corrected chi connectivity index (χ4v) is 1.48. The molecule has 74 valence electrons. The van der Waals surface area contributed by atoms with E-state index in [0.717, 1.165) is 4.88 Å². The first-order valence-corrected chi connectivity index (χ1v) is 4.87. The topological polar surface area (TPSA) is 76.7 Å². The van der Waals surface area contributed by atoms with Crippen molar-refractivity contribution >= 4 is 11.5 Å². The van der Waals surface area contributed by atoms with Gasteiger partial charge >= 0.3 is 0 Å². The molecule has 0 aliphatic carbocycles. The first kappa shape index (κ1) is 9.22. The van der Waals surface area contributed by atoms with Crippen LogP contribution in [0.2, 0.25) is 0 Å². The summed E-state index contributed by atoms with van der Waals surface area (Å²) in [4.78, 5) is 1.01. The molecule has 1 N–H and O–H groups in total. The molecule has 2 rings (SSSR count). The van der Waals surface area contributed by atoms with Crippen molar-refractivity contribution in [1.29, 1.82) is 0 Å². The SMILES string of the molecule is CC(O)c1cn(Cc2cnns2)nn1. The van der Waals surface area contributed by atoms with Gasteiger partial charge in [0.25, 0.3) is 0 Å². The van der Waals surface area contributed by atoms with Gasteiger partial charge in [0.15, 0.2) is 0 Å². The van der Waals surface area contributed by atoms with Crippen molar-refractivity contribution in [2.45, 2.75) is 19.6 Å². The molecule has 0 saturated heterocycles. The van der Waals surface area contributed by atoms with Gasteiger partial charge in [0, 0.05) is 0 Å². The Kier molecular flexibility index (Phi) is 2.51. The zero-order valence-electron chi connectivity index (χ0n) is 7.53. The number of aliphatic hydroxyl groups is 1. The Labute approximate surface area is 84.4 Å². The van der Waals surface area contributed by atoms with Gasteiger partial charge in [0.2, 0.25) is 0 Å². The monoisotopic (exact) mass is 211 g/mol. The summed E-state index contributed by atoms with van der Waals surface area (Å²) in [6.07, 6.45) is 2.82. The van der Waals surface area contributed by atoms with Crippen LogP contribution in [0.15, 0.2) is 12.4 Å². The molecule has 0 radical (unpaired) electrons. The fourth-order valence-electron chi connectivity index (χ4n) is 0.999. The van der Waals surface area contributed by atoms with Gasteiger partial charge < -0.3 is 5.11 Å². The Bertz CT molecular complexity index is 396. The molecule has 14 heavy (non-hydrogen) atoms. The molecule has 2 aromatic heterocycles. The Morgan fingerprint density at radius 1 is 1.64 bits per heavy atom. The second-order valence-electron chi connectivity index (χ2n) is 2.90. The molecule has 1 atom stereocenters. The zero-order valence-corrected chi connectivity index (χ0v) is 8.35. The van der Waals surface area contributed by atoms with Gasteiger partial charge in [0.1, 0.15) is 5.69 Å². The van der Waals surface area contributed by atoms with Crippen LogP contribution in [0.4, 0.5) is 0 Å². The highest BCUT2D eigenvalue weighted by atomic mass is 32.1. The third-order valence-corrected chi connectivity index (χ3v) is 2.35. The van der Waals surface area contributed by atoms with E-state index in [1.807, 2.05) is 0 Å². The molecule has 2 heterocycles. The van der Waals surface area contributed by atoms with E-state index >= 15 is 0 Å². The van der Waals surface area contributed by atoms with Crippen molar-refractivity contribution in [1.82, 2.24) is 24.6 Å². The minimum atomic E-state index is -0.580. The normalized spacial score (nSPS) is 13.0. The van der Waals surface area contributed by atoms with Crippen LogP contribution >= 0.6 is 11.5 Å². The molecule has 0 bridgehead atoms. The summed E-state index contributed by atoms with van der Waals surface area (Å²) in [5, 5.41) is 20.6. The number of aromatic nitrogens is 5. The van der Waals surface area contributed by atoms with Gasteiger partial charge in [-0.25, -0.2) is 4.68 Å². The van der Waals surface area contributed by atoms with Crippen molar-refractivity contribution < 1.29 is 5.11 Å². The Morgan fingerprint density at radius 2 is 2.50 bits per heavy atom. The summed E-state index contributed by atoms with van der Waals surface area (Å²) in [7, 11) is 0. The molecular formula is C7H9N5OS. The van der Waals surface area contributed by atoms with E-state index in [0.29, 0.717) is 12.2 Å². The van der Waals surface area contributed by atoms with Gasteiger partial charge in [-0.05, 0) is 18.5 Å². The van der Waals surface area contributed by atoms with Crippen molar-refractivity contribution in [3.8, 4) is 0 Å². The van der Waals surface area contributed by atoms with E-state index in [1.165, 1.54) is 11.5 Å². The minimum Gasteiger partial charge on any atom is -0.387 e. The van der Waals surface area contributed by atoms with Crippen molar-refractivity contribution in [2.24, 2.45) is 0 Å². The summed E-state index contributed by atoms with van der Waals surface area (Å²) in [5.74, 6) is 0. The lowest BCUT2D eigenvalue weighted by atomic mass is 10.3. The van der Waals surface area contributed by atoms with E-state index < -0.39 is 6.10 Å². The smallest absolute Gasteiger partial charge is 0.111 e. The molecule has 0 saturated carbocycles. The second-order valence-corrected chi connectivity index (χ2v) is 3.77. The predicted octanol–water partition coefficient (Wildman–Crippen LogP) is 0.231. The van der Waals surface area contributed by atoms with E-state index in [1.54, 1.807) is 24.0 Å². The van der Waals surface area contributed by atoms with Crippen LogP contribution in [0.25, 0.3) is 0 Å². The Hall–Kier alpha value is -1.34. The summed E-state index contributed by atoms with van der Waals surface area (Å²) in [6, 6.07) is 0. The van der Waals surface area contributed by atoms with E-state index in [4.69, 9.17) is 0 Å². The minimum absolute atomic E-state index is 0.572. The van der Waals surface area contributed by atoms with E-state index in [9.17, 15) is 5.11 Å². The van der Waals surface area contributed by atoms with E-state index in [2.05, 4.69) is 19.9 Å². The molecule has 2 aromatic rings. The molecule has 0 spiro atoms. The number of hydrogen-bond donors (Lipinski definition) is 1. The third kappa shape index (κ3) is 1.94. The van der Waals surface area contributed by atoms with Crippen LogP contribution in [0.3, 0.4) is 0 Å². The zero-order chi connectivity index (χ0) is 9.97. The average molecular weight is 211 g/mol. The highest BCUT2D eigenvalue weighted by molar-refractivity contribution is 7.05. The van der Waals surface area contributed by atoms with Crippen molar-refractivity contribution in [2.75, 3.05) is 0 Å². The molecule has 0 aromatic carbocycles. The van der Waals surface area contributed by atoms with Crippen molar-refractivity contribution in [3.05, 3.63) is 23.0 Å². The van der Waals surface area contributed by atoms with Crippen molar-refractivity contribution in [3.63, 3.8) is 0 Å². The molecule has 0 fully saturated rings. The van der Waals surface area contributed by atoms with Gasteiger partial charge in [-0.3, -0.25) is 0 Å². The quantitative estimate of drug-likeness (QED) is 0.786. The maximum Gasteiger partial charge on any atom is 0.111 e. The Balaban J connectivity index is 2.11. The summed E-state index contributed by atoms with van der Waals surface area (Å²) in [6.45, 7) is 2.25. The second kappa shape index (κ2) is 3.81. The molecule has 7 heteroatoms. The summed E-state index contributed by atoms with van der Waals surface area (Å²) in [5.41, 5.74) is 0.572. The maximum atomic E-state index is 9.23. The number of hydrogen-bond acceptors (Lipinski definition) is 6. The van der Waals surface area contributed by atoms with Crippen LogP contribution in [0.5, 0.6) is 0 Å². The highest BCUT2D eigenvalue weighted by Crippen LogP contribution is 2.09. The van der Waals surface area contributed by atoms with E-state index in [-0.39, 0.29) is 0 Å². The van der Waals surface area contributed by atoms with Gasteiger partial charge in [0.05, 0.1) is 29.9 Å². The lowest BCUT2D eigenvalue weighted by Crippen LogP contribution is -1.98. The summed E-state index contributed by atoms with van der Waals surface area (Å²) < 4.78 is 5.39.